The molecule has 1 aromatic rings. The summed E-state index contributed by atoms with van der Waals surface area (Å²) in [5.41, 5.74) is 6.25. The van der Waals surface area contributed by atoms with Crippen LogP contribution in [-0.4, -0.2) is 46.6 Å². The summed E-state index contributed by atoms with van der Waals surface area (Å²) in [6, 6.07) is 5.07. The first-order valence-electron chi connectivity index (χ1n) is 6.33. The predicted molar refractivity (Wildman–Crippen MR) is 81.8 cm³/mol. The molecular formula is C13H17BrN2O3S. The largest absolute Gasteiger partial charge is 0.399 e. The van der Waals surface area contributed by atoms with Crippen molar-refractivity contribution in [3.63, 3.8) is 0 Å². The van der Waals surface area contributed by atoms with Crippen molar-refractivity contribution in [3.8, 4) is 0 Å². The van der Waals surface area contributed by atoms with Crippen LogP contribution in [0.2, 0.25) is 0 Å². The maximum atomic E-state index is 12.5. The van der Waals surface area contributed by atoms with E-state index in [1.807, 2.05) is 0 Å². The molecule has 1 saturated heterocycles. The lowest BCUT2D eigenvalue weighted by Gasteiger charge is -2.29. The molecule has 2 unspecified atom stereocenters. The van der Waals surface area contributed by atoms with E-state index in [9.17, 15) is 9.00 Å². The number of morpholine rings is 1. The van der Waals surface area contributed by atoms with E-state index in [0.717, 1.165) is 0 Å². The second kappa shape index (κ2) is 6.69. The average molecular weight is 361 g/mol. The molecule has 7 heteroatoms. The monoisotopic (exact) mass is 360 g/mol. The van der Waals surface area contributed by atoms with Gasteiger partial charge in [0.25, 0.3) is 0 Å². The molecule has 1 aliphatic rings. The van der Waals surface area contributed by atoms with Crippen LogP contribution in [0.1, 0.15) is 6.92 Å². The molecule has 110 valence electrons. The summed E-state index contributed by atoms with van der Waals surface area (Å²) >= 11 is 3.34. The summed E-state index contributed by atoms with van der Waals surface area (Å²) in [5, 5.41) is -0.590. The van der Waals surface area contributed by atoms with Gasteiger partial charge in [-0.2, -0.15) is 0 Å². The third kappa shape index (κ3) is 3.39. The maximum Gasteiger partial charge on any atom is 0.238 e. The van der Waals surface area contributed by atoms with Gasteiger partial charge >= 0.3 is 0 Å². The van der Waals surface area contributed by atoms with E-state index in [2.05, 4.69) is 15.9 Å². The van der Waals surface area contributed by atoms with E-state index < -0.39 is 16.0 Å². The van der Waals surface area contributed by atoms with Gasteiger partial charge in [0, 0.05) is 23.2 Å². The molecule has 2 rings (SSSR count). The Balaban J connectivity index is 2.13. The molecule has 1 amide bonds. The quantitative estimate of drug-likeness (QED) is 0.826. The Morgan fingerprint density at radius 2 is 2.10 bits per heavy atom. The van der Waals surface area contributed by atoms with Crippen molar-refractivity contribution in [1.29, 1.82) is 0 Å². The molecule has 20 heavy (non-hydrogen) atoms. The van der Waals surface area contributed by atoms with E-state index in [1.165, 1.54) is 0 Å². The van der Waals surface area contributed by atoms with Gasteiger partial charge < -0.3 is 15.4 Å². The lowest BCUT2D eigenvalue weighted by atomic mass is 10.3. The Kier molecular flexibility index (Phi) is 5.17. The number of nitrogen functional groups attached to an aromatic ring is 1. The lowest BCUT2D eigenvalue weighted by molar-refractivity contribution is -0.134. The van der Waals surface area contributed by atoms with Crippen LogP contribution in [0.4, 0.5) is 5.69 Å². The molecule has 0 spiro atoms. The van der Waals surface area contributed by atoms with Crippen molar-refractivity contribution in [2.75, 3.05) is 32.0 Å². The predicted octanol–water partition coefficient (Wildman–Crippen LogP) is 1.39. The number of amides is 1. The van der Waals surface area contributed by atoms with Crippen LogP contribution in [0.3, 0.4) is 0 Å². The van der Waals surface area contributed by atoms with Crippen LogP contribution < -0.4 is 5.73 Å². The molecule has 0 bridgehead atoms. The van der Waals surface area contributed by atoms with Crippen molar-refractivity contribution in [2.45, 2.75) is 17.1 Å². The molecule has 2 N–H and O–H groups in total. The van der Waals surface area contributed by atoms with Crippen LogP contribution in [0, 0.1) is 0 Å². The van der Waals surface area contributed by atoms with Gasteiger partial charge in [0.05, 0.1) is 28.9 Å². The average Bonchev–Trinajstić information content (AvgIpc) is 2.46. The van der Waals surface area contributed by atoms with Crippen molar-refractivity contribution in [2.24, 2.45) is 0 Å². The molecule has 0 radical (unpaired) electrons. The maximum absolute atomic E-state index is 12.5. The van der Waals surface area contributed by atoms with Crippen molar-refractivity contribution in [3.05, 3.63) is 22.7 Å². The molecule has 1 heterocycles. The van der Waals surface area contributed by atoms with Crippen molar-refractivity contribution >= 4 is 38.3 Å². The molecule has 0 saturated carbocycles. The molecular weight excluding hydrogens is 344 g/mol. The second-order valence-corrected chi connectivity index (χ2v) is 7.16. The van der Waals surface area contributed by atoms with Crippen LogP contribution in [0.5, 0.6) is 0 Å². The molecule has 1 fully saturated rings. The zero-order chi connectivity index (χ0) is 14.7. The van der Waals surface area contributed by atoms with Crippen LogP contribution in [-0.2, 0) is 20.3 Å². The van der Waals surface area contributed by atoms with Crippen molar-refractivity contribution in [1.82, 2.24) is 4.90 Å². The third-order valence-electron chi connectivity index (χ3n) is 3.16. The standard InChI is InChI=1S/C13H17BrN2O3S/c1-9(13(17)16-4-6-19-7-5-16)20(18)12-3-2-10(15)8-11(12)14/h2-3,8-9H,4-7,15H2,1H3. The van der Waals surface area contributed by atoms with Gasteiger partial charge in [0.2, 0.25) is 5.91 Å². The van der Waals surface area contributed by atoms with Crippen LogP contribution >= 0.6 is 15.9 Å². The smallest absolute Gasteiger partial charge is 0.238 e. The number of halogens is 1. The van der Waals surface area contributed by atoms with Gasteiger partial charge in [-0.05, 0) is 41.1 Å². The van der Waals surface area contributed by atoms with E-state index in [0.29, 0.717) is 41.4 Å². The highest BCUT2D eigenvalue weighted by atomic mass is 79.9. The molecule has 1 aromatic carbocycles. The fraction of sp³-hybridized carbons (Fsp3) is 0.462. The van der Waals surface area contributed by atoms with Gasteiger partial charge in [-0.15, -0.1) is 0 Å². The zero-order valence-corrected chi connectivity index (χ0v) is 13.6. The fourth-order valence-electron chi connectivity index (χ4n) is 2.00. The van der Waals surface area contributed by atoms with E-state index in [-0.39, 0.29) is 5.91 Å². The summed E-state index contributed by atoms with van der Waals surface area (Å²) in [7, 11) is -1.41. The Labute approximate surface area is 129 Å². The first-order valence-corrected chi connectivity index (χ1v) is 8.33. The summed E-state index contributed by atoms with van der Waals surface area (Å²) in [6.07, 6.45) is 0. The van der Waals surface area contributed by atoms with Gasteiger partial charge in [-0.3, -0.25) is 9.00 Å². The number of anilines is 1. The molecule has 2 atom stereocenters. The van der Waals surface area contributed by atoms with E-state index in [4.69, 9.17) is 10.5 Å². The number of benzene rings is 1. The number of nitrogens with zero attached hydrogens (tertiary/aromatic N) is 1. The zero-order valence-electron chi connectivity index (χ0n) is 11.2. The lowest BCUT2D eigenvalue weighted by Crippen LogP contribution is -2.46. The Bertz CT molecular complexity index is 532. The van der Waals surface area contributed by atoms with Gasteiger partial charge in [-0.25, -0.2) is 0 Å². The number of hydrogen-bond donors (Lipinski definition) is 1. The third-order valence-corrected chi connectivity index (χ3v) is 5.72. The summed E-state index contributed by atoms with van der Waals surface area (Å²) in [6.45, 7) is 3.89. The Morgan fingerprint density at radius 1 is 1.45 bits per heavy atom. The Morgan fingerprint density at radius 3 is 2.70 bits per heavy atom. The van der Waals surface area contributed by atoms with Gasteiger partial charge in [0.15, 0.2) is 0 Å². The highest BCUT2D eigenvalue weighted by molar-refractivity contribution is 9.10. The molecule has 0 aliphatic carbocycles. The topological polar surface area (TPSA) is 72.6 Å². The summed E-state index contributed by atoms with van der Waals surface area (Å²) in [4.78, 5) is 14.6. The Hall–Kier alpha value is -0.920. The SMILES string of the molecule is CC(C(=O)N1CCOCC1)S(=O)c1ccc(N)cc1Br. The summed E-state index contributed by atoms with van der Waals surface area (Å²) in [5.74, 6) is -0.102. The first-order chi connectivity index (χ1) is 9.50. The highest BCUT2D eigenvalue weighted by Crippen LogP contribution is 2.25. The minimum atomic E-state index is -1.41. The number of ether oxygens (including phenoxy) is 1. The van der Waals surface area contributed by atoms with E-state index in [1.54, 1.807) is 30.0 Å². The minimum absolute atomic E-state index is 0.102. The minimum Gasteiger partial charge on any atom is -0.399 e. The number of hydrogen-bond acceptors (Lipinski definition) is 4. The van der Waals surface area contributed by atoms with Crippen LogP contribution in [0.25, 0.3) is 0 Å². The van der Waals surface area contributed by atoms with E-state index >= 15 is 0 Å². The number of nitrogens with two attached hydrogens (primary N) is 1. The highest BCUT2D eigenvalue weighted by Gasteiger charge is 2.28. The van der Waals surface area contributed by atoms with Gasteiger partial charge in [-0.1, -0.05) is 0 Å². The molecule has 1 aliphatic heterocycles. The normalized spacial score (nSPS) is 18.6. The van der Waals surface area contributed by atoms with Gasteiger partial charge in [0.1, 0.15) is 5.25 Å². The first kappa shape index (κ1) is 15.5. The molecule has 5 nitrogen and oxygen atoms in total. The second-order valence-electron chi connectivity index (χ2n) is 4.57. The number of carbonyl (C=O) groups is 1. The van der Waals surface area contributed by atoms with Crippen LogP contribution in [0.15, 0.2) is 27.6 Å². The number of carbonyl (C=O) groups excluding carboxylic acids is 1. The number of rotatable bonds is 3. The molecule has 0 aromatic heterocycles. The fourth-order valence-corrected chi connectivity index (χ4v) is 4.04. The van der Waals surface area contributed by atoms with Crippen molar-refractivity contribution < 1.29 is 13.7 Å². The summed E-state index contributed by atoms with van der Waals surface area (Å²) < 4.78 is 18.4.